The third kappa shape index (κ3) is 8.82. The molecule has 0 aliphatic heterocycles. The number of sulfonamides is 1. The first-order valence-corrected chi connectivity index (χ1v) is 16.1. The van der Waals surface area contributed by atoms with Gasteiger partial charge in [0.05, 0.1) is 19.1 Å². The maximum Gasteiger partial charge on any atom is 0.244 e. The highest BCUT2D eigenvalue weighted by atomic mass is 32.2. The highest BCUT2D eigenvalue weighted by molar-refractivity contribution is 7.92. The summed E-state index contributed by atoms with van der Waals surface area (Å²) >= 11 is 0. The number of carbonyl (C=O) groups is 2. The van der Waals surface area contributed by atoms with E-state index in [4.69, 9.17) is 4.74 Å². The van der Waals surface area contributed by atoms with Crippen LogP contribution in [-0.2, 0) is 32.6 Å². The molecule has 0 fully saturated rings. The average Bonchev–Trinajstić information content (AvgIpc) is 2.97. The Labute approximate surface area is 250 Å². The number of nitrogens with one attached hydrogen (secondary N) is 1. The van der Waals surface area contributed by atoms with Crippen LogP contribution in [0.15, 0.2) is 78.9 Å². The van der Waals surface area contributed by atoms with E-state index in [1.54, 1.807) is 25.3 Å². The molecule has 3 rings (SSSR count). The van der Waals surface area contributed by atoms with Crippen molar-refractivity contribution in [3.05, 3.63) is 95.6 Å². The molecule has 0 unspecified atom stereocenters. The normalized spacial score (nSPS) is 12.8. The maximum atomic E-state index is 14.3. The molecule has 0 saturated carbocycles. The van der Waals surface area contributed by atoms with Crippen LogP contribution >= 0.6 is 0 Å². The van der Waals surface area contributed by atoms with Crippen molar-refractivity contribution >= 4 is 27.5 Å². The molecule has 0 bridgehead atoms. The molecule has 0 spiro atoms. The molecule has 0 aliphatic carbocycles. The van der Waals surface area contributed by atoms with Crippen LogP contribution in [0.5, 0.6) is 5.75 Å². The van der Waals surface area contributed by atoms with Gasteiger partial charge in [0.1, 0.15) is 18.3 Å². The van der Waals surface area contributed by atoms with Crippen LogP contribution in [0.3, 0.4) is 0 Å². The summed E-state index contributed by atoms with van der Waals surface area (Å²) in [6.45, 7) is 7.49. The molecule has 0 heterocycles. The summed E-state index contributed by atoms with van der Waals surface area (Å²) in [4.78, 5) is 29.6. The van der Waals surface area contributed by atoms with Gasteiger partial charge in [0.25, 0.3) is 0 Å². The fourth-order valence-corrected chi connectivity index (χ4v) is 5.63. The van der Waals surface area contributed by atoms with Crippen molar-refractivity contribution in [1.82, 2.24) is 10.2 Å². The molecule has 0 radical (unpaired) electrons. The van der Waals surface area contributed by atoms with Gasteiger partial charge in [-0.1, -0.05) is 81.4 Å². The molecule has 9 heteroatoms. The summed E-state index contributed by atoms with van der Waals surface area (Å²) in [5.74, 6) is -0.132. The minimum absolute atomic E-state index is 0.0283. The number of carbonyl (C=O) groups excluding carboxylic acids is 2. The highest BCUT2D eigenvalue weighted by Crippen LogP contribution is 2.29. The fraction of sp³-hybridized carbons (Fsp3) is 0.394. The van der Waals surface area contributed by atoms with Crippen LogP contribution in [0.4, 0.5) is 5.69 Å². The van der Waals surface area contributed by atoms with E-state index >= 15 is 0 Å². The van der Waals surface area contributed by atoms with Crippen LogP contribution in [0.2, 0.25) is 0 Å². The van der Waals surface area contributed by atoms with E-state index in [1.165, 1.54) is 4.90 Å². The van der Waals surface area contributed by atoms with Gasteiger partial charge < -0.3 is 15.0 Å². The van der Waals surface area contributed by atoms with E-state index in [0.717, 1.165) is 33.7 Å². The molecule has 42 heavy (non-hydrogen) atoms. The van der Waals surface area contributed by atoms with Gasteiger partial charge in [0.15, 0.2) is 0 Å². The molecule has 2 atom stereocenters. The first-order valence-electron chi connectivity index (χ1n) is 14.3. The Kier molecular flexibility index (Phi) is 11.6. The number of amides is 2. The SMILES string of the molecule is CC[C@H](C)NC(=O)[C@@H](Cc1ccccc1)N(Cc1cccc(OC)c1)C(=O)CN(c1ccccc1C(C)C)S(C)(=O)=O. The number of benzene rings is 3. The number of hydrogen-bond acceptors (Lipinski definition) is 5. The van der Waals surface area contributed by atoms with Crippen molar-refractivity contribution in [2.75, 3.05) is 24.2 Å². The maximum absolute atomic E-state index is 14.3. The van der Waals surface area contributed by atoms with Crippen molar-refractivity contribution in [1.29, 1.82) is 0 Å². The second-order valence-corrected chi connectivity index (χ2v) is 12.8. The number of ether oxygens (including phenoxy) is 1. The van der Waals surface area contributed by atoms with Crippen molar-refractivity contribution in [2.45, 2.75) is 65.1 Å². The van der Waals surface area contributed by atoms with Crippen LogP contribution in [0.25, 0.3) is 0 Å². The summed E-state index contributed by atoms with van der Waals surface area (Å²) in [6.07, 6.45) is 2.09. The Hall–Kier alpha value is -3.85. The van der Waals surface area contributed by atoms with E-state index in [9.17, 15) is 18.0 Å². The molecule has 1 N–H and O–H groups in total. The van der Waals surface area contributed by atoms with Gasteiger partial charge >= 0.3 is 0 Å². The number of hydrogen-bond donors (Lipinski definition) is 1. The Morgan fingerprint density at radius 1 is 0.905 bits per heavy atom. The molecule has 3 aromatic carbocycles. The molecule has 0 aromatic heterocycles. The molecule has 8 nitrogen and oxygen atoms in total. The standard InChI is InChI=1S/C33H43N3O5S/c1-7-25(4)34-33(38)31(21-26-14-9-8-10-15-26)35(22-27-16-13-17-28(20-27)41-5)32(37)23-36(42(6,39)40)30-19-12-11-18-29(30)24(2)3/h8-20,24-25,31H,7,21-23H2,1-6H3,(H,34,38)/t25-,31+/m0/s1. The Morgan fingerprint density at radius 2 is 1.55 bits per heavy atom. The van der Waals surface area contributed by atoms with Gasteiger partial charge in [-0.2, -0.15) is 0 Å². The van der Waals surface area contributed by atoms with Gasteiger partial charge in [-0.05, 0) is 54.2 Å². The van der Waals surface area contributed by atoms with Crippen LogP contribution < -0.4 is 14.4 Å². The lowest BCUT2D eigenvalue weighted by Crippen LogP contribution is -2.54. The molecule has 0 saturated heterocycles. The van der Waals surface area contributed by atoms with E-state index < -0.39 is 28.5 Å². The zero-order chi connectivity index (χ0) is 30.9. The second-order valence-electron chi connectivity index (χ2n) is 10.9. The number of rotatable bonds is 14. The van der Waals surface area contributed by atoms with Crippen LogP contribution in [0.1, 0.15) is 56.7 Å². The van der Waals surface area contributed by atoms with Crippen molar-refractivity contribution in [3.8, 4) is 5.75 Å². The Morgan fingerprint density at radius 3 is 2.17 bits per heavy atom. The third-order valence-corrected chi connectivity index (χ3v) is 8.39. The fourth-order valence-electron chi connectivity index (χ4n) is 4.76. The van der Waals surface area contributed by atoms with Gasteiger partial charge in [0.2, 0.25) is 21.8 Å². The predicted octanol–water partition coefficient (Wildman–Crippen LogP) is 5.14. The van der Waals surface area contributed by atoms with Gasteiger partial charge in [-0.25, -0.2) is 8.42 Å². The summed E-state index contributed by atoms with van der Waals surface area (Å²) < 4.78 is 32.8. The lowest BCUT2D eigenvalue weighted by molar-refractivity contribution is -0.140. The minimum Gasteiger partial charge on any atom is -0.497 e. The third-order valence-electron chi connectivity index (χ3n) is 7.27. The lowest BCUT2D eigenvalue weighted by Gasteiger charge is -2.34. The van der Waals surface area contributed by atoms with E-state index in [2.05, 4.69) is 5.32 Å². The zero-order valence-corrected chi connectivity index (χ0v) is 26.2. The quantitative estimate of drug-likeness (QED) is 0.279. The average molecular weight is 594 g/mol. The lowest BCUT2D eigenvalue weighted by atomic mass is 10.0. The summed E-state index contributed by atoms with van der Waals surface area (Å²) in [5.41, 5.74) is 2.90. The monoisotopic (exact) mass is 593 g/mol. The molecule has 226 valence electrons. The first-order chi connectivity index (χ1) is 19.9. The minimum atomic E-state index is -3.85. The second kappa shape index (κ2) is 14.9. The van der Waals surface area contributed by atoms with E-state index in [0.29, 0.717) is 11.4 Å². The van der Waals surface area contributed by atoms with Crippen molar-refractivity contribution < 1.29 is 22.7 Å². The molecular formula is C33H43N3O5S. The van der Waals surface area contributed by atoms with E-state index in [-0.39, 0.29) is 30.8 Å². The largest absolute Gasteiger partial charge is 0.497 e. The number of para-hydroxylation sites is 1. The smallest absolute Gasteiger partial charge is 0.244 e. The molecule has 3 aromatic rings. The number of anilines is 1. The highest BCUT2D eigenvalue weighted by Gasteiger charge is 2.34. The number of methoxy groups -OCH3 is 1. The zero-order valence-electron chi connectivity index (χ0n) is 25.4. The predicted molar refractivity (Wildman–Crippen MR) is 168 cm³/mol. The van der Waals surface area contributed by atoms with Crippen LogP contribution in [-0.4, -0.2) is 57.1 Å². The summed E-state index contributed by atoms with van der Waals surface area (Å²) in [5, 5.41) is 3.04. The van der Waals surface area contributed by atoms with Gasteiger partial charge in [-0.3, -0.25) is 13.9 Å². The van der Waals surface area contributed by atoms with Crippen molar-refractivity contribution in [2.24, 2.45) is 0 Å². The first kappa shape index (κ1) is 32.7. The van der Waals surface area contributed by atoms with E-state index in [1.807, 2.05) is 88.4 Å². The summed E-state index contributed by atoms with van der Waals surface area (Å²) in [6, 6.07) is 23.0. The Bertz CT molecular complexity index is 1440. The number of nitrogens with zero attached hydrogens (tertiary/aromatic N) is 2. The summed E-state index contributed by atoms with van der Waals surface area (Å²) in [7, 11) is -2.28. The molecule has 0 aliphatic rings. The molecule has 2 amide bonds. The van der Waals surface area contributed by atoms with Gasteiger partial charge in [-0.15, -0.1) is 0 Å². The molecular weight excluding hydrogens is 550 g/mol. The Balaban J connectivity index is 2.11. The van der Waals surface area contributed by atoms with Crippen molar-refractivity contribution in [3.63, 3.8) is 0 Å². The topological polar surface area (TPSA) is 96.0 Å². The van der Waals surface area contributed by atoms with Gasteiger partial charge in [0, 0.05) is 19.0 Å². The van der Waals surface area contributed by atoms with Crippen LogP contribution in [0, 0.1) is 0 Å².